The Labute approximate surface area is 89.2 Å². The molecule has 0 fully saturated rings. The minimum atomic E-state index is -1.08. The third-order valence-electron chi connectivity index (χ3n) is 1.93. The fourth-order valence-corrected chi connectivity index (χ4v) is 1.04. The zero-order chi connectivity index (χ0) is 11.8. The highest BCUT2D eigenvalue weighted by Gasteiger charge is 2.15. The first-order valence-electron chi connectivity index (χ1n) is 4.70. The first-order chi connectivity index (χ1) is 7.04. The molecule has 1 N–H and O–H groups in total. The molecule has 4 heteroatoms. The van der Waals surface area contributed by atoms with Crippen LogP contribution in [0.4, 0.5) is 0 Å². The van der Waals surface area contributed by atoms with Crippen molar-refractivity contribution in [2.24, 2.45) is 0 Å². The SMILES string of the molecule is CCC=CCC(C(=O)O)=C(C)C(=O)OC. The lowest BCUT2D eigenvalue weighted by atomic mass is 10.1. The van der Waals surface area contributed by atoms with Crippen molar-refractivity contribution in [3.05, 3.63) is 23.3 Å². The van der Waals surface area contributed by atoms with Crippen LogP contribution in [0, 0.1) is 0 Å². The molecular weight excluding hydrogens is 196 g/mol. The average molecular weight is 212 g/mol. The van der Waals surface area contributed by atoms with Crippen LogP contribution in [0.1, 0.15) is 26.7 Å². The summed E-state index contributed by atoms with van der Waals surface area (Å²) in [4.78, 5) is 22.0. The molecule has 0 radical (unpaired) electrons. The fourth-order valence-electron chi connectivity index (χ4n) is 1.04. The van der Waals surface area contributed by atoms with Crippen LogP contribution in [0.25, 0.3) is 0 Å². The zero-order valence-electron chi connectivity index (χ0n) is 9.24. The molecule has 0 aliphatic rings. The van der Waals surface area contributed by atoms with E-state index in [9.17, 15) is 9.59 Å². The summed E-state index contributed by atoms with van der Waals surface area (Å²) in [6, 6.07) is 0. The van der Waals surface area contributed by atoms with E-state index in [0.717, 1.165) is 6.42 Å². The molecule has 15 heavy (non-hydrogen) atoms. The number of aliphatic carboxylic acids is 1. The van der Waals surface area contributed by atoms with Gasteiger partial charge in [-0.05, 0) is 19.8 Å². The van der Waals surface area contributed by atoms with Crippen molar-refractivity contribution in [2.45, 2.75) is 26.7 Å². The number of rotatable bonds is 5. The molecule has 84 valence electrons. The van der Waals surface area contributed by atoms with Crippen LogP contribution >= 0.6 is 0 Å². The maximum atomic E-state index is 11.1. The van der Waals surface area contributed by atoms with Gasteiger partial charge >= 0.3 is 11.9 Å². The lowest BCUT2D eigenvalue weighted by Crippen LogP contribution is -2.10. The van der Waals surface area contributed by atoms with Crippen molar-refractivity contribution in [1.82, 2.24) is 0 Å². The first-order valence-corrected chi connectivity index (χ1v) is 4.70. The Hall–Kier alpha value is -1.58. The maximum absolute atomic E-state index is 11.1. The Morgan fingerprint density at radius 2 is 1.93 bits per heavy atom. The number of methoxy groups -OCH3 is 1. The topological polar surface area (TPSA) is 63.6 Å². The minimum absolute atomic E-state index is 0.0755. The van der Waals surface area contributed by atoms with Gasteiger partial charge in [0.15, 0.2) is 0 Å². The molecule has 0 aliphatic carbocycles. The van der Waals surface area contributed by atoms with Crippen molar-refractivity contribution in [3.63, 3.8) is 0 Å². The van der Waals surface area contributed by atoms with E-state index in [1.165, 1.54) is 14.0 Å². The van der Waals surface area contributed by atoms with Crippen LogP contribution in [0.15, 0.2) is 23.3 Å². The van der Waals surface area contributed by atoms with Gasteiger partial charge in [-0.25, -0.2) is 9.59 Å². The molecule has 0 aliphatic heterocycles. The molecule has 0 spiro atoms. The van der Waals surface area contributed by atoms with E-state index in [2.05, 4.69) is 4.74 Å². The number of carboxylic acids is 1. The first kappa shape index (κ1) is 13.4. The smallest absolute Gasteiger partial charge is 0.333 e. The van der Waals surface area contributed by atoms with Crippen LogP contribution in [0.3, 0.4) is 0 Å². The number of carboxylic acid groups (broad SMARTS) is 1. The molecule has 0 rings (SSSR count). The summed E-state index contributed by atoms with van der Waals surface area (Å²) in [5.41, 5.74) is 0.220. The number of hydrogen-bond acceptors (Lipinski definition) is 3. The van der Waals surface area contributed by atoms with Crippen LogP contribution in [-0.4, -0.2) is 24.2 Å². The molecule has 0 aromatic carbocycles. The summed E-state index contributed by atoms with van der Waals surface area (Å²) in [6.45, 7) is 3.41. The van der Waals surface area contributed by atoms with E-state index < -0.39 is 11.9 Å². The molecular formula is C11H16O4. The highest BCUT2D eigenvalue weighted by atomic mass is 16.5. The number of carbonyl (C=O) groups is 2. The van der Waals surface area contributed by atoms with E-state index >= 15 is 0 Å². The zero-order valence-corrected chi connectivity index (χ0v) is 9.24. The van der Waals surface area contributed by atoms with E-state index in [1.807, 2.05) is 13.0 Å². The van der Waals surface area contributed by atoms with E-state index in [4.69, 9.17) is 5.11 Å². The maximum Gasteiger partial charge on any atom is 0.333 e. The standard InChI is InChI=1S/C11H16O4/c1-4-5-6-7-9(10(12)13)8(2)11(14)15-3/h5-6H,4,7H2,1-3H3,(H,12,13). The van der Waals surface area contributed by atoms with Crippen molar-refractivity contribution in [3.8, 4) is 0 Å². The van der Waals surface area contributed by atoms with Crippen LogP contribution in [-0.2, 0) is 14.3 Å². The second kappa shape index (κ2) is 6.81. The summed E-state index contributed by atoms with van der Waals surface area (Å²) in [5.74, 6) is -1.68. The summed E-state index contributed by atoms with van der Waals surface area (Å²) in [6.07, 6.45) is 4.66. The summed E-state index contributed by atoms with van der Waals surface area (Å²) in [7, 11) is 1.23. The van der Waals surface area contributed by atoms with Gasteiger partial charge in [0.25, 0.3) is 0 Å². The van der Waals surface area contributed by atoms with Gasteiger partial charge in [-0.15, -0.1) is 0 Å². The molecule has 0 aromatic heterocycles. The van der Waals surface area contributed by atoms with Gasteiger partial charge in [-0.3, -0.25) is 0 Å². The van der Waals surface area contributed by atoms with Gasteiger partial charge in [0, 0.05) is 5.57 Å². The van der Waals surface area contributed by atoms with Crippen LogP contribution in [0.5, 0.6) is 0 Å². The number of carbonyl (C=O) groups excluding carboxylic acids is 1. The fraction of sp³-hybridized carbons (Fsp3) is 0.455. The van der Waals surface area contributed by atoms with Gasteiger partial charge in [0.2, 0.25) is 0 Å². The molecule has 0 aromatic rings. The average Bonchev–Trinajstić information content (AvgIpc) is 2.22. The van der Waals surface area contributed by atoms with Crippen LogP contribution in [0.2, 0.25) is 0 Å². The Kier molecular flexibility index (Phi) is 6.09. The van der Waals surface area contributed by atoms with Crippen molar-refractivity contribution in [1.29, 1.82) is 0 Å². The molecule has 0 unspecified atom stereocenters. The summed E-state index contributed by atoms with van der Waals surface area (Å²) < 4.78 is 4.47. The van der Waals surface area contributed by atoms with Gasteiger partial charge in [-0.1, -0.05) is 19.1 Å². The van der Waals surface area contributed by atoms with E-state index in [-0.39, 0.29) is 17.6 Å². The highest BCUT2D eigenvalue weighted by molar-refractivity contribution is 5.99. The van der Waals surface area contributed by atoms with Gasteiger partial charge in [0.1, 0.15) is 0 Å². The number of hydrogen-bond donors (Lipinski definition) is 1. The lowest BCUT2D eigenvalue weighted by Gasteiger charge is -2.04. The Morgan fingerprint density at radius 3 is 2.33 bits per heavy atom. The Bertz CT molecular complexity index is 300. The molecule has 0 atom stereocenters. The van der Waals surface area contributed by atoms with Gasteiger partial charge < -0.3 is 9.84 Å². The van der Waals surface area contributed by atoms with Crippen molar-refractivity contribution in [2.75, 3.05) is 7.11 Å². The number of esters is 1. The van der Waals surface area contributed by atoms with Crippen LogP contribution < -0.4 is 0 Å². The molecule has 0 saturated heterocycles. The summed E-state index contributed by atoms with van der Waals surface area (Å²) in [5, 5.41) is 8.89. The molecule has 0 amide bonds. The highest BCUT2D eigenvalue weighted by Crippen LogP contribution is 2.11. The normalized spacial score (nSPS) is 12.5. The van der Waals surface area contributed by atoms with E-state index in [1.54, 1.807) is 6.08 Å². The molecule has 0 bridgehead atoms. The third-order valence-corrected chi connectivity index (χ3v) is 1.93. The molecule has 0 heterocycles. The number of ether oxygens (including phenoxy) is 1. The Balaban J connectivity index is 4.86. The van der Waals surface area contributed by atoms with Gasteiger partial charge in [-0.2, -0.15) is 0 Å². The second-order valence-electron chi connectivity index (χ2n) is 2.98. The molecule has 0 saturated carbocycles. The predicted octanol–water partition coefficient (Wildman–Crippen LogP) is 1.92. The summed E-state index contributed by atoms with van der Waals surface area (Å²) >= 11 is 0. The minimum Gasteiger partial charge on any atom is -0.478 e. The monoisotopic (exact) mass is 212 g/mol. The largest absolute Gasteiger partial charge is 0.478 e. The Morgan fingerprint density at radius 1 is 1.33 bits per heavy atom. The second-order valence-corrected chi connectivity index (χ2v) is 2.98. The van der Waals surface area contributed by atoms with Gasteiger partial charge in [0.05, 0.1) is 12.7 Å². The number of allylic oxidation sites excluding steroid dienone is 2. The quantitative estimate of drug-likeness (QED) is 0.429. The van der Waals surface area contributed by atoms with Crippen molar-refractivity contribution < 1.29 is 19.4 Å². The molecule has 4 nitrogen and oxygen atoms in total. The third kappa shape index (κ3) is 4.44. The lowest BCUT2D eigenvalue weighted by molar-refractivity contribution is -0.138. The van der Waals surface area contributed by atoms with E-state index in [0.29, 0.717) is 0 Å². The predicted molar refractivity (Wildman–Crippen MR) is 56.4 cm³/mol. The van der Waals surface area contributed by atoms with Crippen molar-refractivity contribution >= 4 is 11.9 Å².